The van der Waals surface area contributed by atoms with Gasteiger partial charge in [-0.15, -0.1) is 0 Å². The van der Waals surface area contributed by atoms with Gasteiger partial charge in [0.2, 0.25) is 11.8 Å². The predicted octanol–water partition coefficient (Wildman–Crippen LogP) is 3.96. The molecule has 3 unspecified atom stereocenters. The van der Waals surface area contributed by atoms with E-state index in [1.54, 1.807) is 24.3 Å². The number of rotatable bonds is 4. The smallest absolute Gasteiger partial charge is 0.338 e. The number of carbonyl (C=O) groups is 3. The molecule has 1 aliphatic carbocycles. The van der Waals surface area contributed by atoms with Crippen LogP contribution in [0.5, 0.6) is 0 Å². The zero-order valence-electron chi connectivity index (χ0n) is 15.7. The van der Waals surface area contributed by atoms with Gasteiger partial charge >= 0.3 is 5.97 Å². The predicted molar refractivity (Wildman–Crippen MR) is 98.7 cm³/mol. The van der Waals surface area contributed by atoms with Crippen LogP contribution in [-0.2, 0) is 14.3 Å². The highest BCUT2D eigenvalue weighted by atomic mass is 16.5. The fourth-order valence-electron chi connectivity index (χ4n) is 4.09. The number of amides is 2. The third-order valence-corrected chi connectivity index (χ3v) is 5.61. The van der Waals surface area contributed by atoms with E-state index >= 15 is 0 Å². The standard InChI is InChI=1S/C21H27NO4/c1-13(2)17-8-7-14(3)11-18(17)26-21(25)15-5-4-6-16(12-15)22-19(23)9-10-20(22)24/h4-6,12-14,17-18H,7-11H2,1-3H3. The molecule has 26 heavy (non-hydrogen) atoms. The van der Waals surface area contributed by atoms with Crippen LogP contribution < -0.4 is 4.90 Å². The lowest BCUT2D eigenvalue weighted by Crippen LogP contribution is -2.36. The van der Waals surface area contributed by atoms with Gasteiger partial charge in [0.25, 0.3) is 0 Å². The molecule has 0 aromatic heterocycles. The van der Waals surface area contributed by atoms with Crippen molar-refractivity contribution in [3.63, 3.8) is 0 Å². The Balaban J connectivity index is 1.76. The molecule has 1 aromatic carbocycles. The molecule has 0 radical (unpaired) electrons. The molecule has 1 saturated heterocycles. The van der Waals surface area contributed by atoms with E-state index in [1.165, 1.54) is 6.42 Å². The first-order chi connectivity index (χ1) is 12.4. The van der Waals surface area contributed by atoms with E-state index in [0.717, 1.165) is 17.7 Å². The lowest BCUT2D eigenvalue weighted by atomic mass is 9.75. The molecule has 1 aliphatic heterocycles. The summed E-state index contributed by atoms with van der Waals surface area (Å²) in [6.07, 6.45) is 3.51. The molecule has 0 bridgehead atoms. The number of ether oxygens (including phenoxy) is 1. The highest BCUT2D eigenvalue weighted by Gasteiger charge is 2.34. The van der Waals surface area contributed by atoms with E-state index in [9.17, 15) is 14.4 Å². The summed E-state index contributed by atoms with van der Waals surface area (Å²) in [5, 5.41) is 0. The molecule has 140 valence electrons. The number of hydrogen-bond acceptors (Lipinski definition) is 4. The summed E-state index contributed by atoms with van der Waals surface area (Å²) in [4.78, 5) is 37.7. The molecule has 2 fully saturated rings. The quantitative estimate of drug-likeness (QED) is 0.604. The maximum atomic E-state index is 12.7. The average molecular weight is 357 g/mol. The van der Waals surface area contributed by atoms with Gasteiger partial charge < -0.3 is 4.74 Å². The van der Waals surface area contributed by atoms with Crippen molar-refractivity contribution in [1.29, 1.82) is 0 Å². The normalized spacial score (nSPS) is 26.5. The summed E-state index contributed by atoms with van der Waals surface area (Å²) in [7, 11) is 0. The Morgan fingerprint density at radius 1 is 1.15 bits per heavy atom. The Morgan fingerprint density at radius 3 is 2.50 bits per heavy atom. The van der Waals surface area contributed by atoms with Crippen LogP contribution in [0.15, 0.2) is 24.3 Å². The van der Waals surface area contributed by atoms with Crippen LogP contribution in [0, 0.1) is 17.8 Å². The van der Waals surface area contributed by atoms with Crippen molar-refractivity contribution in [2.75, 3.05) is 4.90 Å². The van der Waals surface area contributed by atoms with Crippen molar-refractivity contribution in [1.82, 2.24) is 0 Å². The van der Waals surface area contributed by atoms with E-state index in [4.69, 9.17) is 4.74 Å². The first-order valence-electron chi connectivity index (χ1n) is 9.53. The Kier molecular flexibility index (Phi) is 5.44. The lowest BCUT2D eigenvalue weighted by Gasteiger charge is -2.36. The van der Waals surface area contributed by atoms with Gasteiger partial charge in [-0.3, -0.25) is 14.5 Å². The molecular formula is C21H27NO4. The van der Waals surface area contributed by atoms with Crippen LogP contribution in [0.25, 0.3) is 0 Å². The average Bonchev–Trinajstić information content (AvgIpc) is 2.93. The van der Waals surface area contributed by atoms with Crippen molar-refractivity contribution in [2.45, 2.75) is 59.0 Å². The van der Waals surface area contributed by atoms with Crippen molar-refractivity contribution in [2.24, 2.45) is 17.8 Å². The Labute approximate surface area is 154 Å². The van der Waals surface area contributed by atoms with Crippen molar-refractivity contribution in [3.8, 4) is 0 Å². The minimum Gasteiger partial charge on any atom is -0.458 e. The van der Waals surface area contributed by atoms with E-state index in [1.807, 2.05) is 0 Å². The van der Waals surface area contributed by atoms with E-state index in [0.29, 0.717) is 29.0 Å². The molecule has 3 atom stereocenters. The van der Waals surface area contributed by atoms with Gasteiger partial charge in [0.05, 0.1) is 11.3 Å². The van der Waals surface area contributed by atoms with E-state index in [-0.39, 0.29) is 36.7 Å². The molecule has 1 aromatic rings. The summed E-state index contributed by atoms with van der Waals surface area (Å²) in [5.74, 6) is 0.569. The van der Waals surface area contributed by atoms with Gasteiger partial charge in [0.15, 0.2) is 0 Å². The summed E-state index contributed by atoms with van der Waals surface area (Å²) in [6.45, 7) is 6.54. The van der Waals surface area contributed by atoms with Gasteiger partial charge in [0.1, 0.15) is 6.10 Å². The fourth-order valence-corrected chi connectivity index (χ4v) is 4.09. The van der Waals surface area contributed by atoms with Crippen LogP contribution in [-0.4, -0.2) is 23.9 Å². The zero-order chi connectivity index (χ0) is 18.8. The monoisotopic (exact) mass is 357 g/mol. The van der Waals surface area contributed by atoms with Gasteiger partial charge in [0, 0.05) is 12.8 Å². The second-order valence-corrected chi connectivity index (χ2v) is 7.94. The molecule has 0 N–H and O–H groups in total. The first kappa shape index (κ1) is 18.6. The highest BCUT2D eigenvalue weighted by Crippen LogP contribution is 2.36. The first-order valence-corrected chi connectivity index (χ1v) is 9.53. The Morgan fingerprint density at radius 2 is 1.85 bits per heavy atom. The zero-order valence-corrected chi connectivity index (χ0v) is 15.7. The van der Waals surface area contributed by atoms with E-state index < -0.39 is 0 Å². The second kappa shape index (κ2) is 7.60. The number of carbonyl (C=O) groups excluding carboxylic acids is 3. The largest absolute Gasteiger partial charge is 0.458 e. The van der Waals surface area contributed by atoms with Crippen LogP contribution >= 0.6 is 0 Å². The molecule has 1 saturated carbocycles. The van der Waals surface area contributed by atoms with Crippen molar-refractivity contribution in [3.05, 3.63) is 29.8 Å². The van der Waals surface area contributed by atoms with Crippen LogP contribution in [0.3, 0.4) is 0 Å². The SMILES string of the molecule is CC1CCC(C(C)C)C(OC(=O)c2cccc(N3C(=O)CCC3=O)c2)C1. The van der Waals surface area contributed by atoms with E-state index in [2.05, 4.69) is 20.8 Å². The van der Waals surface area contributed by atoms with Crippen LogP contribution in [0.1, 0.15) is 63.2 Å². The third kappa shape index (κ3) is 3.81. The molecular weight excluding hydrogens is 330 g/mol. The van der Waals surface area contributed by atoms with Gasteiger partial charge in [-0.1, -0.05) is 33.3 Å². The van der Waals surface area contributed by atoms with Gasteiger partial charge in [-0.05, 0) is 48.8 Å². The number of anilines is 1. The summed E-state index contributed by atoms with van der Waals surface area (Å²) in [5.41, 5.74) is 0.833. The maximum Gasteiger partial charge on any atom is 0.338 e. The maximum absolute atomic E-state index is 12.7. The summed E-state index contributed by atoms with van der Waals surface area (Å²) in [6, 6.07) is 6.62. The topological polar surface area (TPSA) is 63.7 Å². The minimum absolute atomic E-state index is 0.0787. The molecule has 5 nitrogen and oxygen atoms in total. The molecule has 2 aliphatic rings. The van der Waals surface area contributed by atoms with Crippen LogP contribution in [0.4, 0.5) is 5.69 Å². The lowest BCUT2D eigenvalue weighted by molar-refractivity contribution is -0.121. The number of nitrogens with zero attached hydrogens (tertiary/aromatic N) is 1. The third-order valence-electron chi connectivity index (χ3n) is 5.61. The Hall–Kier alpha value is -2.17. The molecule has 0 spiro atoms. The van der Waals surface area contributed by atoms with Gasteiger partial charge in [-0.25, -0.2) is 4.79 Å². The fraction of sp³-hybridized carbons (Fsp3) is 0.571. The Bertz CT molecular complexity index is 696. The summed E-state index contributed by atoms with van der Waals surface area (Å²) < 4.78 is 5.87. The minimum atomic E-state index is -0.379. The van der Waals surface area contributed by atoms with Crippen molar-refractivity contribution >= 4 is 23.5 Å². The van der Waals surface area contributed by atoms with Crippen LogP contribution in [0.2, 0.25) is 0 Å². The van der Waals surface area contributed by atoms with Gasteiger partial charge in [-0.2, -0.15) is 0 Å². The molecule has 1 heterocycles. The van der Waals surface area contributed by atoms with Crippen molar-refractivity contribution < 1.29 is 19.1 Å². The molecule has 3 rings (SSSR count). The number of imide groups is 1. The highest BCUT2D eigenvalue weighted by molar-refractivity contribution is 6.20. The number of hydrogen-bond donors (Lipinski definition) is 0. The number of benzene rings is 1. The molecule has 2 amide bonds. The number of esters is 1. The molecule has 5 heteroatoms. The summed E-state index contributed by atoms with van der Waals surface area (Å²) >= 11 is 0. The second-order valence-electron chi connectivity index (χ2n) is 7.94.